The Bertz CT molecular complexity index is 539. The van der Waals surface area contributed by atoms with Crippen molar-refractivity contribution in [3.8, 4) is 5.75 Å². The summed E-state index contributed by atoms with van der Waals surface area (Å²) in [5.41, 5.74) is -0.0689. The number of para-hydroxylation sites is 2. The molecule has 0 aromatic heterocycles. The summed E-state index contributed by atoms with van der Waals surface area (Å²) in [6.45, 7) is 4.50. The molecule has 1 rings (SSSR count). The van der Waals surface area contributed by atoms with Crippen LogP contribution < -0.4 is 10.1 Å². The third-order valence-corrected chi connectivity index (χ3v) is 2.07. The number of hydrogen-bond acceptors (Lipinski definition) is 5. The summed E-state index contributed by atoms with van der Waals surface area (Å²) >= 11 is 0. The number of rotatable bonds is 5. The van der Waals surface area contributed by atoms with Crippen molar-refractivity contribution in [2.75, 3.05) is 6.54 Å². The minimum atomic E-state index is -0.802. The van der Waals surface area contributed by atoms with Gasteiger partial charge in [-0.1, -0.05) is 18.7 Å². The normalized spacial score (nSPS) is 9.53. The Hall–Kier alpha value is -2.70. The van der Waals surface area contributed by atoms with Gasteiger partial charge in [-0.15, -0.1) is 0 Å². The van der Waals surface area contributed by atoms with Crippen molar-refractivity contribution in [1.29, 1.82) is 0 Å². The zero-order valence-corrected chi connectivity index (χ0v) is 10.2. The highest BCUT2D eigenvalue weighted by atomic mass is 16.6. The molecule has 19 heavy (non-hydrogen) atoms. The molecule has 0 bridgehead atoms. The lowest BCUT2D eigenvalue weighted by Crippen LogP contribution is -2.32. The van der Waals surface area contributed by atoms with Crippen LogP contribution in [-0.2, 0) is 9.59 Å². The van der Waals surface area contributed by atoms with Crippen molar-refractivity contribution >= 4 is 17.6 Å². The standard InChI is InChI=1S/C12H12N2O5/c1-8(2)12(16)13-7-11(15)19-10-6-4-3-5-9(10)14(17)18/h3-6H,1,7H2,2H3,(H,13,16). The number of nitrogens with zero attached hydrogens (tertiary/aromatic N) is 1. The van der Waals surface area contributed by atoms with Crippen LogP contribution in [0, 0.1) is 10.1 Å². The Morgan fingerprint density at radius 1 is 1.42 bits per heavy atom. The fourth-order valence-electron chi connectivity index (χ4n) is 1.16. The number of nitrogens with one attached hydrogen (secondary N) is 1. The Morgan fingerprint density at radius 2 is 2.05 bits per heavy atom. The first-order chi connectivity index (χ1) is 8.91. The van der Waals surface area contributed by atoms with Crippen molar-refractivity contribution in [1.82, 2.24) is 5.32 Å². The predicted molar refractivity (Wildman–Crippen MR) is 66.6 cm³/mol. The highest BCUT2D eigenvalue weighted by molar-refractivity contribution is 5.94. The van der Waals surface area contributed by atoms with Gasteiger partial charge in [0.05, 0.1) is 4.92 Å². The number of nitro benzene ring substituents is 1. The maximum Gasteiger partial charge on any atom is 0.331 e. The first-order valence-electron chi connectivity index (χ1n) is 5.29. The number of carbonyl (C=O) groups excluding carboxylic acids is 2. The molecule has 0 aliphatic carbocycles. The lowest BCUT2D eigenvalue weighted by Gasteiger charge is -2.06. The maximum absolute atomic E-state index is 11.4. The van der Waals surface area contributed by atoms with Gasteiger partial charge in [0.25, 0.3) is 0 Å². The van der Waals surface area contributed by atoms with Crippen molar-refractivity contribution in [3.05, 3.63) is 46.5 Å². The number of carbonyl (C=O) groups is 2. The number of nitro groups is 1. The van der Waals surface area contributed by atoms with Crippen molar-refractivity contribution in [2.45, 2.75) is 6.92 Å². The van der Waals surface area contributed by atoms with E-state index in [4.69, 9.17) is 4.74 Å². The van der Waals surface area contributed by atoms with Gasteiger partial charge in [0, 0.05) is 11.6 Å². The van der Waals surface area contributed by atoms with Crippen molar-refractivity contribution < 1.29 is 19.2 Å². The molecule has 7 nitrogen and oxygen atoms in total. The van der Waals surface area contributed by atoms with E-state index in [1.54, 1.807) is 0 Å². The van der Waals surface area contributed by atoms with E-state index < -0.39 is 23.3 Å². The molecule has 1 aromatic rings. The molecule has 100 valence electrons. The lowest BCUT2D eigenvalue weighted by molar-refractivity contribution is -0.385. The SMILES string of the molecule is C=C(C)C(=O)NCC(=O)Oc1ccccc1[N+](=O)[O-]. The quantitative estimate of drug-likeness (QED) is 0.283. The minimum absolute atomic E-state index is 0.165. The van der Waals surface area contributed by atoms with Crippen LogP contribution in [0.25, 0.3) is 0 Å². The van der Waals surface area contributed by atoms with Gasteiger partial charge in [0.2, 0.25) is 11.7 Å². The summed E-state index contributed by atoms with van der Waals surface area (Å²) in [6, 6.07) is 5.48. The van der Waals surface area contributed by atoms with Gasteiger partial charge < -0.3 is 10.1 Å². The van der Waals surface area contributed by atoms with Crippen LogP contribution >= 0.6 is 0 Å². The molecule has 1 aromatic carbocycles. The van der Waals surface area contributed by atoms with Crippen molar-refractivity contribution in [2.24, 2.45) is 0 Å². The number of amides is 1. The molecule has 0 heterocycles. The van der Waals surface area contributed by atoms with Crippen LogP contribution in [-0.4, -0.2) is 23.3 Å². The Labute approximate surface area is 109 Å². The maximum atomic E-state index is 11.4. The summed E-state index contributed by atoms with van der Waals surface area (Å²) in [4.78, 5) is 32.6. The minimum Gasteiger partial charge on any atom is -0.418 e. The molecule has 0 atom stereocenters. The number of ether oxygens (including phenoxy) is 1. The molecule has 1 N–H and O–H groups in total. The molecule has 0 radical (unpaired) electrons. The van der Waals surface area contributed by atoms with Crippen LogP contribution in [0.2, 0.25) is 0 Å². The highest BCUT2D eigenvalue weighted by Gasteiger charge is 2.17. The molecule has 0 fully saturated rings. The smallest absolute Gasteiger partial charge is 0.331 e. The molecule has 0 unspecified atom stereocenters. The monoisotopic (exact) mass is 264 g/mol. The van der Waals surface area contributed by atoms with Gasteiger partial charge in [0.15, 0.2) is 0 Å². The molecular formula is C12H12N2O5. The van der Waals surface area contributed by atoms with Crippen LogP contribution in [0.5, 0.6) is 5.75 Å². The van der Waals surface area contributed by atoms with Crippen LogP contribution in [0.1, 0.15) is 6.92 Å². The van der Waals surface area contributed by atoms with E-state index in [0.29, 0.717) is 0 Å². The number of hydrogen-bond donors (Lipinski definition) is 1. The Balaban J connectivity index is 2.65. The molecule has 7 heteroatoms. The van der Waals surface area contributed by atoms with E-state index in [-0.39, 0.29) is 17.0 Å². The fourth-order valence-corrected chi connectivity index (χ4v) is 1.16. The van der Waals surface area contributed by atoms with Crippen LogP contribution in [0.15, 0.2) is 36.4 Å². The number of esters is 1. The molecule has 0 saturated carbocycles. The molecular weight excluding hydrogens is 252 g/mol. The number of benzene rings is 1. The third-order valence-electron chi connectivity index (χ3n) is 2.07. The summed E-state index contributed by atoms with van der Waals surface area (Å²) in [6.07, 6.45) is 0. The topological polar surface area (TPSA) is 98.5 Å². The zero-order valence-electron chi connectivity index (χ0n) is 10.2. The van der Waals surface area contributed by atoms with E-state index in [2.05, 4.69) is 11.9 Å². The largest absolute Gasteiger partial charge is 0.418 e. The summed E-state index contributed by atoms with van der Waals surface area (Å²) in [5, 5.41) is 13.0. The average molecular weight is 264 g/mol. The fraction of sp³-hybridized carbons (Fsp3) is 0.167. The second kappa shape index (κ2) is 6.29. The van der Waals surface area contributed by atoms with Gasteiger partial charge in [0.1, 0.15) is 6.54 Å². The molecule has 0 aliphatic heterocycles. The first-order valence-corrected chi connectivity index (χ1v) is 5.29. The Morgan fingerprint density at radius 3 is 2.63 bits per heavy atom. The molecule has 0 aliphatic rings. The van der Waals surface area contributed by atoms with E-state index in [1.807, 2.05) is 0 Å². The first kappa shape index (κ1) is 14.4. The Kier molecular flexibility index (Phi) is 4.76. The van der Waals surface area contributed by atoms with Gasteiger partial charge >= 0.3 is 11.7 Å². The van der Waals surface area contributed by atoms with E-state index in [9.17, 15) is 19.7 Å². The second-order valence-electron chi connectivity index (χ2n) is 3.66. The zero-order chi connectivity index (χ0) is 14.4. The summed E-state index contributed by atoms with van der Waals surface area (Å²) < 4.78 is 4.81. The van der Waals surface area contributed by atoms with Gasteiger partial charge in [-0.3, -0.25) is 14.9 Å². The summed E-state index contributed by atoms with van der Waals surface area (Å²) in [5.74, 6) is -1.45. The van der Waals surface area contributed by atoms with Gasteiger partial charge in [-0.2, -0.15) is 0 Å². The van der Waals surface area contributed by atoms with Gasteiger partial charge in [-0.05, 0) is 13.0 Å². The van der Waals surface area contributed by atoms with Gasteiger partial charge in [-0.25, -0.2) is 4.79 Å². The summed E-state index contributed by atoms with van der Waals surface area (Å²) in [7, 11) is 0. The van der Waals surface area contributed by atoms with E-state index in [0.717, 1.165) is 0 Å². The second-order valence-corrected chi connectivity index (χ2v) is 3.66. The average Bonchev–Trinajstić information content (AvgIpc) is 2.36. The van der Waals surface area contributed by atoms with Crippen molar-refractivity contribution in [3.63, 3.8) is 0 Å². The van der Waals surface area contributed by atoms with Crippen LogP contribution in [0.3, 0.4) is 0 Å². The third kappa shape index (κ3) is 4.23. The van der Waals surface area contributed by atoms with Crippen LogP contribution in [0.4, 0.5) is 5.69 Å². The van der Waals surface area contributed by atoms with E-state index in [1.165, 1.54) is 31.2 Å². The predicted octanol–water partition coefficient (Wildman–Crippen LogP) is 1.19. The highest BCUT2D eigenvalue weighted by Crippen LogP contribution is 2.25. The van der Waals surface area contributed by atoms with E-state index >= 15 is 0 Å². The lowest BCUT2D eigenvalue weighted by atomic mass is 10.3. The molecule has 0 saturated heterocycles. The molecule has 1 amide bonds. The molecule has 0 spiro atoms.